The summed E-state index contributed by atoms with van der Waals surface area (Å²) >= 11 is 0. The molecule has 0 aromatic rings. The van der Waals surface area contributed by atoms with E-state index in [0.29, 0.717) is 5.92 Å². The fraction of sp³-hybridized carbons (Fsp3) is 0.417. The highest BCUT2D eigenvalue weighted by atomic mass is 16.1. The molecule has 0 heterocycles. The fourth-order valence-corrected chi connectivity index (χ4v) is 1.17. The molecular weight excluding hydrogens is 160 g/mol. The molecule has 13 heavy (non-hydrogen) atoms. The summed E-state index contributed by atoms with van der Waals surface area (Å²) in [6.07, 6.45) is 12.3. The number of rotatable bonds is 4. The van der Waals surface area contributed by atoms with Crippen LogP contribution >= 0.6 is 0 Å². The van der Waals surface area contributed by atoms with Gasteiger partial charge in [-0.1, -0.05) is 24.3 Å². The van der Waals surface area contributed by atoms with E-state index in [9.17, 15) is 4.79 Å². The van der Waals surface area contributed by atoms with Gasteiger partial charge in [-0.3, -0.25) is 4.79 Å². The minimum absolute atomic E-state index is 0.118. The molecule has 0 radical (unpaired) electrons. The van der Waals surface area contributed by atoms with E-state index < -0.39 is 0 Å². The van der Waals surface area contributed by atoms with Crippen LogP contribution in [0, 0.1) is 5.92 Å². The van der Waals surface area contributed by atoms with Crippen molar-refractivity contribution in [1.82, 2.24) is 0 Å². The molecule has 1 saturated carbocycles. The lowest BCUT2D eigenvalue weighted by atomic mass is 10.1. The molecule has 0 saturated heterocycles. The van der Waals surface area contributed by atoms with Crippen LogP contribution in [0.1, 0.15) is 26.7 Å². The second kappa shape index (κ2) is 4.80. The highest BCUT2D eigenvalue weighted by Crippen LogP contribution is 2.37. The van der Waals surface area contributed by atoms with Gasteiger partial charge in [0, 0.05) is 0 Å². The van der Waals surface area contributed by atoms with Crippen molar-refractivity contribution in [3.05, 3.63) is 36.0 Å². The van der Waals surface area contributed by atoms with Crippen molar-refractivity contribution in [2.24, 2.45) is 5.92 Å². The second-order valence-corrected chi connectivity index (χ2v) is 3.41. The molecule has 0 N–H and O–H groups in total. The van der Waals surface area contributed by atoms with Gasteiger partial charge in [0.2, 0.25) is 0 Å². The van der Waals surface area contributed by atoms with Gasteiger partial charge in [0.25, 0.3) is 0 Å². The van der Waals surface area contributed by atoms with Crippen LogP contribution in [-0.2, 0) is 4.79 Å². The highest BCUT2D eigenvalue weighted by molar-refractivity contribution is 5.87. The van der Waals surface area contributed by atoms with Gasteiger partial charge < -0.3 is 0 Å². The van der Waals surface area contributed by atoms with Crippen molar-refractivity contribution in [2.45, 2.75) is 26.7 Å². The third-order valence-corrected chi connectivity index (χ3v) is 2.04. The normalized spacial score (nSPS) is 18.8. The summed E-state index contributed by atoms with van der Waals surface area (Å²) in [6, 6.07) is 0. The molecule has 0 aromatic heterocycles. The molecule has 1 rings (SSSR count). The van der Waals surface area contributed by atoms with Crippen LogP contribution in [0.25, 0.3) is 0 Å². The highest BCUT2D eigenvalue weighted by Gasteiger charge is 2.23. The predicted molar refractivity (Wildman–Crippen MR) is 55.4 cm³/mol. The van der Waals surface area contributed by atoms with Crippen molar-refractivity contribution >= 4 is 5.78 Å². The molecular formula is C12H16O. The van der Waals surface area contributed by atoms with Gasteiger partial charge in [-0.15, -0.1) is 0 Å². The Morgan fingerprint density at radius 3 is 2.46 bits per heavy atom. The van der Waals surface area contributed by atoms with Crippen LogP contribution in [0.4, 0.5) is 0 Å². The van der Waals surface area contributed by atoms with Crippen molar-refractivity contribution in [3.63, 3.8) is 0 Å². The zero-order chi connectivity index (χ0) is 9.68. The molecule has 1 aliphatic carbocycles. The first-order valence-electron chi connectivity index (χ1n) is 4.75. The summed E-state index contributed by atoms with van der Waals surface area (Å²) < 4.78 is 0. The molecule has 70 valence electrons. The van der Waals surface area contributed by atoms with E-state index >= 15 is 0 Å². The second-order valence-electron chi connectivity index (χ2n) is 3.41. The lowest BCUT2D eigenvalue weighted by Gasteiger charge is -1.95. The summed E-state index contributed by atoms with van der Waals surface area (Å²) in [5, 5.41) is 0. The third kappa shape index (κ3) is 3.88. The van der Waals surface area contributed by atoms with Crippen LogP contribution in [0.15, 0.2) is 36.0 Å². The van der Waals surface area contributed by atoms with Crippen molar-refractivity contribution in [1.29, 1.82) is 0 Å². The lowest BCUT2D eigenvalue weighted by molar-refractivity contribution is -0.112. The topological polar surface area (TPSA) is 17.1 Å². The Kier molecular flexibility index (Phi) is 3.69. The number of hydrogen-bond donors (Lipinski definition) is 0. The molecule has 0 unspecified atom stereocenters. The summed E-state index contributed by atoms with van der Waals surface area (Å²) in [6.45, 7) is 3.58. The molecule has 0 aromatic carbocycles. The summed E-state index contributed by atoms with van der Waals surface area (Å²) in [4.78, 5) is 10.7. The molecule has 0 aliphatic heterocycles. The van der Waals surface area contributed by atoms with Crippen LogP contribution in [0.3, 0.4) is 0 Å². The monoisotopic (exact) mass is 176 g/mol. The largest absolute Gasteiger partial charge is 0.295 e. The van der Waals surface area contributed by atoms with Gasteiger partial charge >= 0.3 is 0 Å². The smallest absolute Gasteiger partial charge is 0.152 e. The number of carbonyl (C=O) groups is 1. The number of ketones is 1. The van der Waals surface area contributed by atoms with E-state index in [0.717, 1.165) is 0 Å². The van der Waals surface area contributed by atoms with E-state index in [4.69, 9.17) is 0 Å². The van der Waals surface area contributed by atoms with E-state index in [1.54, 1.807) is 13.0 Å². The quantitative estimate of drug-likeness (QED) is 0.475. The number of carbonyl (C=O) groups excluding carboxylic acids is 1. The van der Waals surface area contributed by atoms with E-state index in [-0.39, 0.29) is 5.78 Å². The number of hydrogen-bond acceptors (Lipinski definition) is 1. The Morgan fingerprint density at radius 2 is 2.00 bits per heavy atom. The van der Waals surface area contributed by atoms with E-state index in [1.165, 1.54) is 18.4 Å². The standard InChI is InChI=1S/C12H16O/c1-3-4-5-11(12-8-9-12)7-6-10(2)13/h3-7,12H,8-9H2,1-2H3/b4-3-,7-6+,11-5-. The minimum Gasteiger partial charge on any atom is -0.295 e. The molecule has 1 fully saturated rings. The zero-order valence-corrected chi connectivity index (χ0v) is 8.29. The Labute approximate surface area is 79.8 Å². The minimum atomic E-state index is 0.118. The first kappa shape index (κ1) is 9.97. The summed E-state index contributed by atoms with van der Waals surface area (Å²) in [7, 11) is 0. The van der Waals surface area contributed by atoms with E-state index in [1.807, 2.05) is 25.2 Å². The maximum absolute atomic E-state index is 10.7. The predicted octanol–water partition coefficient (Wildman–Crippen LogP) is 3.04. The van der Waals surface area contributed by atoms with Crippen molar-refractivity contribution in [2.75, 3.05) is 0 Å². The molecule has 1 nitrogen and oxygen atoms in total. The van der Waals surface area contributed by atoms with Crippen LogP contribution in [0.5, 0.6) is 0 Å². The van der Waals surface area contributed by atoms with Crippen LogP contribution < -0.4 is 0 Å². The molecule has 0 atom stereocenters. The Balaban J connectivity index is 2.62. The first-order valence-corrected chi connectivity index (χ1v) is 4.75. The van der Waals surface area contributed by atoms with Crippen molar-refractivity contribution in [3.8, 4) is 0 Å². The van der Waals surface area contributed by atoms with Gasteiger partial charge in [-0.25, -0.2) is 0 Å². The maximum atomic E-state index is 10.7. The van der Waals surface area contributed by atoms with Gasteiger partial charge in [-0.05, 0) is 44.3 Å². The van der Waals surface area contributed by atoms with Crippen LogP contribution in [-0.4, -0.2) is 5.78 Å². The van der Waals surface area contributed by atoms with Gasteiger partial charge in [-0.2, -0.15) is 0 Å². The maximum Gasteiger partial charge on any atom is 0.152 e. The molecule has 0 bridgehead atoms. The van der Waals surface area contributed by atoms with Gasteiger partial charge in [0.15, 0.2) is 5.78 Å². The Hall–Kier alpha value is -1.11. The average molecular weight is 176 g/mol. The fourth-order valence-electron chi connectivity index (χ4n) is 1.17. The molecule has 0 amide bonds. The zero-order valence-electron chi connectivity index (χ0n) is 8.29. The SMILES string of the molecule is C\C=C/C=C(/C=C/C(C)=O)C1CC1. The Morgan fingerprint density at radius 1 is 1.31 bits per heavy atom. The molecule has 1 heteroatoms. The lowest BCUT2D eigenvalue weighted by Crippen LogP contribution is -1.84. The first-order chi connectivity index (χ1) is 6.24. The average Bonchev–Trinajstić information content (AvgIpc) is 2.87. The molecule has 1 aliphatic rings. The van der Waals surface area contributed by atoms with Crippen LogP contribution in [0.2, 0.25) is 0 Å². The van der Waals surface area contributed by atoms with Gasteiger partial charge in [0.1, 0.15) is 0 Å². The summed E-state index contributed by atoms with van der Waals surface area (Å²) in [5.74, 6) is 0.818. The number of allylic oxidation sites excluding steroid dienone is 6. The van der Waals surface area contributed by atoms with Crippen molar-refractivity contribution < 1.29 is 4.79 Å². The van der Waals surface area contributed by atoms with E-state index in [2.05, 4.69) is 6.08 Å². The molecule has 0 spiro atoms. The third-order valence-electron chi connectivity index (χ3n) is 2.04. The Bertz CT molecular complexity index is 265. The summed E-state index contributed by atoms with van der Waals surface area (Å²) in [5.41, 5.74) is 1.29. The van der Waals surface area contributed by atoms with Gasteiger partial charge in [0.05, 0.1) is 0 Å².